The Kier molecular flexibility index (Phi) is 2.31. The Morgan fingerprint density at radius 1 is 1.29 bits per heavy atom. The monoisotopic (exact) mass is 246 g/mol. The van der Waals surface area contributed by atoms with Gasteiger partial charge in [0.05, 0.1) is 16.7 Å². The summed E-state index contributed by atoms with van der Waals surface area (Å²) in [6.07, 6.45) is 0. The summed E-state index contributed by atoms with van der Waals surface area (Å²) >= 11 is 1.54. The molecule has 0 unspecified atom stereocenters. The molecule has 0 bridgehead atoms. The number of thiazole rings is 1. The fourth-order valence-corrected chi connectivity index (χ4v) is 2.41. The molecule has 0 amide bonds. The summed E-state index contributed by atoms with van der Waals surface area (Å²) in [4.78, 5) is 21.0. The molecular formula is C11H10N4OS. The summed E-state index contributed by atoms with van der Waals surface area (Å²) in [6, 6.07) is 5.70. The quantitative estimate of drug-likeness (QED) is 0.639. The van der Waals surface area contributed by atoms with Crippen LogP contribution < -0.4 is 11.4 Å². The maximum atomic E-state index is 11.1. The number of H-pyrrole nitrogens is 2. The fraction of sp³-hybridized carbons (Fsp3) is 0.0909. The topological polar surface area (TPSA) is 87.6 Å². The van der Waals surface area contributed by atoms with E-state index in [2.05, 4.69) is 15.0 Å². The Hall–Kier alpha value is -1.92. The van der Waals surface area contributed by atoms with E-state index in [-0.39, 0.29) is 5.69 Å². The molecule has 3 aromatic rings. The minimum Gasteiger partial charge on any atom is -0.325 e. The van der Waals surface area contributed by atoms with Crippen LogP contribution in [0, 0.1) is 0 Å². The number of nitrogens with two attached hydrogens (primary N) is 1. The van der Waals surface area contributed by atoms with Crippen LogP contribution in [-0.2, 0) is 6.54 Å². The van der Waals surface area contributed by atoms with E-state index in [0.717, 1.165) is 27.3 Å². The third-order valence-corrected chi connectivity index (χ3v) is 3.41. The van der Waals surface area contributed by atoms with E-state index in [0.29, 0.717) is 6.54 Å². The van der Waals surface area contributed by atoms with Gasteiger partial charge < -0.3 is 15.7 Å². The minimum atomic E-state index is -0.196. The number of rotatable bonds is 2. The lowest BCUT2D eigenvalue weighted by Gasteiger charge is -1.96. The standard InChI is InChI=1S/C11H10N4OS/c12-4-10-13-9(5-17-10)6-1-2-7-8(3-6)15-11(16)14-7/h1-3,5H,4,12H2,(H2,14,15,16). The molecule has 0 atom stereocenters. The second kappa shape index (κ2) is 3.83. The molecule has 0 fully saturated rings. The molecular weight excluding hydrogens is 236 g/mol. The van der Waals surface area contributed by atoms with Gasteiger partial charge >= 0.3 is 5.69 Å². The van der Waals surface area contributed by atoms with Crippen molar-refractivity contribution in [3.8, 4) is 11.3 Å². The first-order valence-electron chi connectivity index (χ1n) is 5.13. The van der Waals surface area contributed by atoms with E-state index >= 15 is 0 Å². The van der Waals surface area contributed by atoms with Gasteiger partial charge in [-0.1, -0.05) is 6.07 Å². The molecule has 4 N–H and O–H groups in total. The van der Waals surface area contributed by atoms with Crippen LogP contribution in [0.3, 0.4) is 0 Å². The molecule has 0 spiro atoms. The van der Waals surface area contributed by atoms with Gasteiger partial charge in [0.25, 0.3) is 0 Å². The van der Waals surface area contributed by atoms with Gasteiger partial charge in [-0.05, 0) is 12.1 Å². The molecule has 86 valence electrons. The van der Waals surface area contributed by atoms with Gasteiger partial charge in [0, 0.05) is 17.5 Å². The molecule has 17 heavy (non-hydrogen) atoms. The Morgan fingerprint density at radius 3 is 2.88 bits per heavy atom. The summed E-state index contributed by atoms with van der Waals surface area (Å²) in [5.41, 5.74) is 8.78. The minimum absolute atomic E-state index is 0.196. The second-order valence-corrected chi connectivity index (χ2v) is 4.61. The van der Waals surface area contributed by atoms with Gasteiger partial charge in [0.15, 0.2) is 0 Å². The van der Waals surface area contributed by atoms with Crippen molar-refractivity contribution in [2.24, 2.45) is 5.73 Å². The third-order valence-electron chi connectivity index (χ3n) is 2.54. The number of nitrogens with zero attached hydrogens (tertiary/aromatic N) is 1. The molecule has 0 aliphatic rings. The van der Waals surface area contributed by atoms with E-state index in [1.54, 1.807) is 0 Å². The Bertz CT molecular complexity index is 724. The predicted octanol–water partition coefficient (Wildman–Crippen LogP) is 1.44. The van der Waals surface area contributed by atoms with Crippen molar-refractivity contribution < 1.29 is 0 Å². The van der Waals surface area contributed by atoms with Crippen LogP contribution in [-0.4, -0.2) is 15.0 Å². The molecule has 3 rings (SSSR count). The highest BCUT2D eigenvalue weighted by molar-refractivity contribution is 7.09. The first-order valence-corrected chi connectivity index (χ1v) is 6.01. The van der Waals surface area contributed by atoms with E-state index < -0.39 is 0 Å². The van der Waals surface area contributed by atoms with E-state index in [1.807, 2.05) is 23.6 Å². The van der Waals surface area contributed by atoms with Crippen molar-refractivity contribution in [2.45, 2.75) is 6.54 Å². The smallest absolute Gasteiger partial charge is 0.323 e. The van der Waals surface area contributed by atoms with Crippen LogP contribution in [0.2, 0.25) is 0 Å². The fourth-order valence-electron chi connectivity index (χ4n) is 1.73. The molecule has 0 aliphatic carbocycles. The predicted molar refractivity (Wildman–Crippen MR) is 67.9 cm³/mol. The van der Waals surface area contributed by atoms with Crippen LogP contribution in [0.4, 0.5) is 0 Å². The van der Waals surface area contributed by atoms with Gasteiger partial charge in [-0.3, -0.25) is 0 Å². The number of imidazole rings is 1. The Labute approximate surface area is 100 Å². The van der Waals surface area contributed by atoms with E-state index in [4.69, 9.17) is 5.73 Å². The highest BCUT2D eigenvalue weighted by Gasteiger charge is 2.05. The first-order chi connectivity index (χ1) is 8.26. The van der Waals surface area contributed by atoms with Gasteiger partial charge in [0.1, 0.15) is 5.01 Å². The van der Waals surface area contributed by atoms with Crippen LogP contribution in [0.1, 0.15) is 5.01 Å². The molecule has 0 saturated carbocycles. The highest BCUT2D eigenvalue weighted by atomic mass is 32.1. The Balaban J connectivity index is 2.13. The van der Waals surface area contributed by atoms with Gasteiger partial charge in [-0.2, -0.15) is 0 Å². The molecule has 5 nitrogen and oxygen atoms in total. The van der Waals surface area contributed by atoms with Crippen molar-refractivity contribution in [3.63, 3.8) is 0 Å². The average molecular weight is 246 g/mol. The van der Waals surface area contributed by atoms with E-state index in [1.165, 1.54) is 11.3 Å². The zero-order valence-electron chi connectivity index (χ0n) is 8.86. The first kappa shape index (κ1) is 10.2. The summed E-state index contributed by atoms with van der Waals surface area (Å²) < 4.78 is 0. The van der Waals surface area contributed by atoms with Gasteiger partial charge in [-0.15, -0.1) is 11.3 Å². The zero-order chi connectivity index (χ0) is 11.8. The molecule has 0 aliphatic heterocycles. The molecule has 0 radical (unpaired) electrons. The number of aromatic nitrogens is 3. The summed E-state index contributed by atoms with van der Waals surface area (Å²) in [5.74, 6) is 0. The summed E-state index contributed by atoms with van der Waals surface area (Å²) in [5, 5.41) is 2.87. The molecule has 2 aromatic heterocycles. The molecule has 0 saturated heterocycles. The summed E-state index contributed by atoms with van der Waals surface area (Å²) in [7, 11) is 0. The van der Waals surface area contributed by atoms with Crippen molar-refractivity contribution in [1.82, 2.24) is 15.0 Å². The molecule has 6 heteroatoms. The second-order valence-electron chi connectivity index (χ2n) is 3.67. The highest BCUT2D eigenvalue weighted by Crippen LogP contribution is 2.23. The number of aromatic amines is 2. The maximum absolute atomic E-state index is 11.1. The molecule has 2 heterocycles. The maximum Gasteiger partial charge on any atom is 0.323 e. The van der Waals surface area contributed by atoms with Crippen LogP contribution in [0.25, 0.3) is 22.3 Å². The zero-order valence-corrected chi connectivity index (χ0v) is 9.67. The lowest BCUT2D eigenvalue weighted by atomic mass is 10.1. The average Bonchev–Trinajstić information content (AvgIpc) is 2.92. The van der Waals surface area contributed by atoms with Crippen molar-refractivity contribution in [3.05, 3.63) is 39.1 Å². The number of hydrogen-bond acceptors (Lipinski definition) is 4. The lowest BCUT2D eigenvalue weighted by Crippen LogP contribution is -1.99. The SMILES string of the molecule is NCc1nc(-c2ccc3[nH]c(=O)[nH]c3c2)cs1. The van der Waals surface area contributed by atoms with Crippen LogP contribution in [0.5, 0.6) is 0 Å². The lowest BCUT2D eigenvalue weighted by molar-refractivity contribution is 1.04. The largest absolute Gasteiger partial charge is 0.325 e. The van der Waals surface area contributed by atoms with E-state index in [9.17, 15) is 4.79 Å². The summed E-state index contributed by atoms with van der Waals surface area (Å²) in [6.45, 7) is 0.452. The van der Waals surface area contributed by atoms with Crippen molar-refractivity contribution >= 4 is 22.4 Å². The Morgan fingerprint density at radius 2 is 2.12 bits per heavy atom. The number of fused-ring (bicyclic) bond motifs is 1. The van der Waals surface area contributed by atoms with Crippen molar-refractivity contribution in [2.75, 3.05) is 0 Å². The third kappa shape index (κ3) is 1.77. The molecule has 1 aromatic carbocycles. The normalized spacial score (nSPS) is 11.1. The number of hydrogen-bond donors (Lipinski definition) is 3. The van der Waals surface area contributed by atoms with Gasteiger partial charge in [0.2, 0.25) is 0 Å². The van der Waals surface area contributed by atoms with Crippen LogP contribution in [0.15, 0.2) is 28.4 Å². The number of benzene rings is 1. The van der Waals surface area contributed by atoms with Crippen LogP contribution >= 0.6 is 11.3 Å². The van der Waals surface area contributed by atoms with Gasteiger partial charge in [-0.25, -0.2) is 9.78 Å². The van der Waals surface area contributed by atoms with Crippen molar-refractivity contribution in [1.29, 1.82) is 0 Å². The number of nitrogens with one attached hydrogen (secondary N) is 2.